The van der Waals surface area contributed by atoms with Gasteiger partial charge in [-0.2, -0.15) is 9.97 Å². The molecule has 0 atom stereocenters. The Bertz CT molecular complexity index is 3150. The van der Waals surface area contributed by atoms with Crippen LogP contribution in [0.1, 0.15) is 51.7 Å². The first-order valence-electron chi connectivity index (χ1n) is 20.3. The third-order valence-corrected chi connectivity index (χ3v) is 12.7. The summed E-state index contributed by atoms with van der Waals surface area (Å²) in [5.74, 6) is 1.86. The number of nitrogens with zero attached hydrogens (tertiary/aromatic N) is 5. The second kappa shape index (κ2) is 12.8. The Balaban J connectivity index is 1.12. The first-order valence-corrected chi connectivity index (χ1v) is 20.3. The first kappa shape index (κ1) is 34.4. The van der Waals surface area contributed by atoms with Crippen LogP contribution in [-0.4, -0.2) is 24.1 Å². The number of fused-ring (bicyclic) bond motifs is 7. The minimum Gasteiger partial charge on any atom is -0.309 e. The molecule has 7 aromatic carbocycles. The Kier molecular flexibility index (Phi) is 7.61. The molecule has 0 N–H and O–H groups in total. The van der Waals surface area contributed by atoms with E-state index in [0.29, 0.717) is 17.6 Å². The van der Waals surface area contributed by atoms with E-state index in [2.05, 4.69) is 164 Å². The minimum atomic E-state index is 0.158. The molecule has 0 spiro atoms. The second-order valence-electron chi connectivity index (χ2n) is 17.2. The smallest absolute Gasteiger partial charge is 0.238 e. The fourth-order valence-corrected chi connectivity index (χ4v) is 9.39. The summed E-state index contributed by atoms with van der Waals surface area (Å²) < 4.78 is 4.63. The van der Waals surface area contributed by atoms with E-state index in [1.807, 2.05) is 36.4 Å². The Hall–Kier alpha value is -6.85. The van der Waals surface area contributed by atoms with E-state index in [1.165, 1.54) is 51.4 Å². The molecule has 58 heavy (non-hydrogen) atoms. The van der Waals surface area contributed by atoms with E-state index in [0.717, 1.165) is 44.1 Å². The maximum atomic E-state index is 5.19. The van der Waals surface area contributed by atoms with E-state index >= 15 is 0 Å². The van der Waals surface area contributed by atoms with Gasteiger partial charge in [-0.25, -0.2) is 4.98 Å². The molecule has 11 rings (SSSR count). The summed E-state index contributed by atoms with van der Waals surface area (Å²) in [5, 5.41) is 4.74. The fraction of sp³-hybridized carbons (Fsp3) is 0.151. The van der Waals surface area contributed by atoms with Crippen LogP contribution in [0.4, 0.5) is 0 Å². The lowest BCUT2D eigenvalue weighted by Gasteiger charge is -2.42. The molecule has 0 fully saturated rings. The van der Waals surface area contributed by atoms with Crippen LogP contribution in [0.5, 0.6) is 0 Å². The van der Waals surface area contributed by atoms with Crippen molar-refractivity contribution >= 4 is 43.6 Å². The zero-order chi connectivity index (χ0) is 39.2. The Morgan fingerprint density at radius 3 is 1.48 bits per heavy atom. The lowest BCUT2D eigenvalue weighted by atomic mass is 9.63. The molecular weight excluding hydrogens is 707 g/mol. The average molecular weight is 750 g/mol. The van der Waals surface area contributed by atoms with Gasteiger partial charge in [0, 0.05) is 38.4 Å². The summed E-state index contributed by atoms with van der Waals surface area (Å²) in [7, 11) is 0. The Morgan fingerprint density at radius 1 is 0.379 bits per heavy atom. The van der Waals surface area contributed by atoms with Crippen molar-refractivity contribution in [3.05, 3.63) is 175 Å². The highest BCUT2D eigenvalue weighted by Gasteiger charge is 2.37. The van der Waals surface area contributed by atoms with Crippen molar-refractivity contribution in [3.63, 3.8) is 0 Å². The lowest BCUT2D eigenvalue weighted by molar-refractivity contribution is 0.332. The number of rotatable bonds is 5. The van der Waals surface area contributed by atoms with Crippen LogP contribution in [0.3, 0.4) is 0 Å². The molecule has 0 saturated heterocycles. The maximum Gasteiger partial charge on any atom is 0.238 e. The van der Waals surface area contributed by atoms with E-state index in [9.17, 15) is 0 Å². The highest BCUT2D eigenvalue weighted by Crippen LogP contribution is 2.47. The van der Waals surface area contributed by atoms with Gasteiger partial charge >= 0.3 is 0 Å². The molecule has 0 unspecified atom stereocenters. The van der Waals surface area contributed by atoms with Crippen LogP contribution < -0.4 is 0 Å². The quantitative estimate of drug-likeness (QED) is 0.176. The van der Waals surface area contributed by atoms with Crippen molar-refractivity contribution in [1.29, 1.82) is 0 Å². The molecule has 3 heterocycles. The van der Waals surface area contributed by atoms with Crippen LogP contribution in [0, 0.1) is 0 Å². The zero-order valence-corrected chi connectivity index (χ0v) is 33.2. The highest BCUT2D eigenvalue weighted by molar-refractivity contribution is 6.19. The van der Waals surface area contributed by atoms with Crippen molar-refractivity contribution in [2.45, 2.75) is 51.4 Å². The van der Waals surface area contributed by atoms with Crippen LogP contribution in [0.15, 0.2) is 164 Å². The summed E-state index contributed by atoms with van der Waals surface area (Å²) in [5.41, 5.74) is 13.2. The van der Waals surface area contributed by atoms with E-state index in [1.54, 1.807) is 0 Å². The van der Waals surface area contributed by atoms with Crippen LogP contribution in [0.25, 0.3) is 89.2 Å². The summed E-state index contributed by atoms with van der Waals surface area (Å²) in [6, 6.07) is 58.7. The summed E-state index contributed by atoms with van der Waals surface area (Å²) in [4.78, 5) is 15.4. The highest BCUT2D eigenvalue weighted by atomic mass is 15.2. The van der Waals surface area contributed by atoms with Gasteiger partial charge in [0.05, 0.1) is 22.1 Å². The largest absolute Gasteiger partial charge is 0.309 e. The van der Waals surface area contributed by atoms with Gasteiger partial charge in [-0.3, -0.25) is 4.57 Å². The SMILES string of the molecule is CC1(C)CCC(C)(C)c2cc(-c3ccc(-n4c5ccccc5c5cc6c7ccccc7n(-c7nc(-c8ccccc8)nc(-c8ccccc8)n7)c6cc54)cc3)ccc21. The minimum absolute atomic E-state index is 0.158. The fourth-order valence-electron chi connectivity index (χ4n) is 9.39. The van der Waals surface area contributed by atoms with Crippen molar-refractivity contribution in [1.82, 2.24) is 24.1 Å². The van der Waals surface area contributed by atoms with Gasteiger partial charge < -0.3 is 4.57 Å². The molecule has 3 aromatic heterocycles. The van der Waals surface area contributed by atoms with Gasteiger partial charge in [-0.1, -0.05) is 155 Å². The molecule has 5 nitrogen and oxygen atoms in total. The molecule has 0 radical (unpaired) electrons. The zero-order valence-electron chi connectivity index (χ0n) is 33.2. The van der Waals surface area contributed by atoms with Gasteiger partial charge in [0.25, 0.3) is 0 Å². The van der Waals surface area contributed by atoms with Gasteiger partial charge in [-0.05, 0) is 82.3 Å². The van der Waals surface area contributed by atoms with Crippen LogP contribution in [-0.2, 0) is 10.8 Å². The van der Waals surface area contributed by atoms with Gasteiger partial charge in [0.1, 0.15) is 0 Å². The Labute approximate surface area is 338 Å². The number of hydrogen-bond donors (Lipinski definition) is 0. The Morgan fingerprint density at radius 2 is 0.879 bits per heavy atom. The molecule has 1 aliphatic rings. The molecule has 10 aromatic rings. The first-order chi connectivity index (χ1) is 28.2. The third-order valence-electron chi connectivity index (χ3n) is 12.7. The molecular formula is C53H43N5. The van der Waals surface area contributed by atoms with Crippen molar-refractivity contribution < 1.29 is 0 Å². The molecule has 5 heteroatoms. The topological polar surface area (TPSA) is 48.5 Å². The number of aromatic nitrogens is 5. The molecule has 0 saturated carbocycles. The molecule has 1 aliphatic carbocycles. The number of hydrogen-bond acceptors (Lipinski definition) is 3. The molecule has 0 bridgehead atoms. The van der Waals surface area contributed by atoms with Crippen LogP contribution >= 0.6 is 0 Å². The van der Waals surface area contributed by atoms with Crippen molar-refractivity contribution in [2.24, 2.45) is 0 Å². The summed E-state index contributed by atoms with van der Waals surface area (Å²) >= 11 is 0. The van der Waals surface area contributed by atoms with Gasteiger partial charge in [0.2, 0.25) is 5.95 Å². The predicted octanol–water partition coefficient (Wildman–Crippen LogP) is 13.4. The number of benzene rings is 7. The van der Waals surface area contributed by atoms with Crippen molar-refractivity contribution in [2.75, 3.05) is 0 Å². The molecule has 280 valence electrons. The normalized spacial score (nSPS) is 14.7. The van der Waals surface area contributed by atoms with Gasteiger partial charge in [-0.15, -0.1) is 0 Å². The van der Waals surface area contributed by atoms with E-state index < -0.39 is 0 Å². The maximum absolute atomic E-state index is 5.19. The number of para-hydroxylation sites is 2. The van der Waals surface area contributed by atoms with Gasteiger partial charge in [0.15, 0.2) is 11.6 Å². The third kappa shape index (κ3) is 5.41. The second-order valence-corrected chi connectivity index (χ2v) is 17.2. The molecule has 0 amide bonds. The average Bonchev–Trinajstić information content (AvgIpc) is 3.77. The predicted molar refractivity (Wildman–Crippen MR) is 240 cm³/mol. The molecule has 0 aliphatic heterocycles. The summed E-state index contributed by atoms with van der Waals surface area (Å²) in [6.45, 7) is 9.58. The lowest BCUT2D eigenvalue weighted by Crippen LogP contribution is -2.33. The van der Waals surface area contributed by atoms with E-state index in [4.69, 9.17) is 15.0 Å². The monoisotopic (exact) mass is 749 g/mol. The van der Waals surface area contributed by atoms with Crippen molar-refractivity contribution in [3.8, 4) is 45.5 Å². The van der Waals surface area contributed by atoms with Crippen LogP contribution in [0.2, 0.25) is 0 Å². The summed E-state index contributed by atoms with van der Waals surface area (Å²) in [6.07, 6.45) is 2.41. The van der Waals surface area contributed by atoms with E-state index in [-0.39, 0.29) is 10.8 Å². The standard InChI is InChI=1S/C53H43N5/c1-52(2)29-30-53(3,4)44-31-37(25-28-43(44)52)34-23-26-38(27-24-34)57-45-21-13-11-19-39(45)41-32-42-40-20-12-14-22-46(40)58(48(42)33-47(41)57)51-55-49(35-15-7-5-8-16-35)54-50(56-51)36-17-9-6-10-18-36/h5-28,31-33H,29-30H2,1-4H3.